The van der Waals surface area contributed by atoms with Gasteiger partial charge in [0.2, 0.25) is 0 Å². The first-order valence-electron chi connectivity index (χ1n) is 8.26. The van der Waals surface area contributed by atoms with E-state index in [1.165, 1.54) is 12.0 Å². The summed E-state index contributed by atoms with van der Waals surface area (Å²) in [7, 11) is 0. The summed E-state index contributed by atoms with van der Waals surface area (Å²) in [4.78, 5) is 13.1. The van der Waals surface area contributed by atoms with Crippen LogP contribution in [-0.2, 0) is 0 Å². The Morgan fingerprint density at radius 3 is 2.73 bits per heavy atom. The zero-order valence-electron chi connectivity index (χ0n) is 13.8. The molecule has 1 atom stereocenters. The number of aliphatic imine (C=N–C) groups is 2. The van der Waals surface area contributed by atoms with Crippen molar-refractivity contribution < 1.29 is 0 Å². The molecule has 1 aromatic rings. The zero-order valence-corrected chi connectivity index (χ0v) is 13.8. The average Bonchev–Trinajstić information content (AvgIpc) is 2.59. The van der Waals surface area contributed by atoms with Gasteiger partial charge in [-0.05, 0) is 42.4 Å². The van der Waals surface area contributed by atoms with Crippen LogP contribution in [-0.4, -0.2) is 23.6 Å². The molecule has 2 aliphatic rings. The highest BCUT2D eigenvalue weighted by Crippen LogP contribution is 2.30. The fraction of sp³-hybridized carbons (Fsp3) is 0.500. The molecule has 2 N–H and O–H groups in total. The predicted molar refractivity (Wildman–Crippen MR) is 95.5 cm³/mol. The third-order valence-corrected chi connectivity index (χ3v) is 3.94. The predicted octanol–water partition coefficient (Wildman–Crippen LogP) is 4.11. The first kappa shape index (κ1) is 16.4. The first-order valence-corrected chi connectivity index (χ1v) is 8.26. The molecule has 1 aliphatic heterocycles. The lowest BCUT2D eigenvalue weighted by atomic mass is 9.88. The van der Waals surface area contributed by atoms with E-state index in [2.05, 4.69) is 34.0 Å². The van der Waals surface area contributed by atoms with E-state index in [4.69, 9.17) is 5.73 Å². The van der Waals surface area contributed by atoms with Crippen LogP contribution in [0.4, 0.5) is 5.82 Å². The molecule has 1 aromatic heterocycles. The molecule has 1 unspecified atom stereocenters. The molecule has 1 aliphatic carbocycles. The maximum Gasteiger partial charge on any atom is 0.157 e. The van der Waals surface area contributed by atoms with Crippen molar-refractivity contribution in [3.63, 3.8) is 0 Å². The van der Waals surface area contributed by atoms with Crippen molar-refractivity contribution in [3.8, 4) is 0 Å². The van der Waals surface area contributed by atoms with Crippen molar-refractivity contribution in [1.82, 2.24) is 4.98 Å². The molecule has 0 fully saturated rings. The fourth-order valence-corrected chi connectivity index (χ4v) is 2.63. The highest BCUT2D eigenvalue weighted by Gasteiger charge is 2.15. The van der Waals surface area contributed by atoms with Gasteiger partial charge in [0.25, 0.3) is 0 Å². The lowest BCUT2D eigenvalue weighted by Gasteiger charge is -2.19. The van der Waals surface area contributed by atoms with E-state index in [1.807, 2.05) is 26.3 Å². The summed E-state index contributed by atoms with van der Waals surface area (Å²) in [5.74, 6) is 2.01. The number of pyridine rings is 1. The second-order valence-corrected chi connectivity index (χ2v) is 5.57. The summed E-state index contributed by atoms with van der Waals surface area (Å²) in [5, 5.41) is 0. The Bertz CT molecular complexity index is 599. The number of hydrogen-bond donors (Lipinski definition) is 1. The highest BCUT2D eigenvalue weighted by atomic mass is 15.0. The van der Waals surface area contributed by atoms with Gasteiger partial charge in [-0.1, -0.05) is 26.8 Å². The number of nitrogens with zero attached hydrogens (tertiary/aromatic N) is 3. The molecule has 118 valence electrons. The standard InChI is InChI=1S/C16H20N4.C2H6/c1-11-3-5-12(6-4-11)13-9-14(15(17)20-10-13)16-18-7-2-8-19-16;1-2/h5,7,9-11H,2-4,6,8H2,1H3,(H2,17,20);1-2H3. The second kappa shape index (κ2) is 7.87. The number of rotatable bonds is 2. The van der Waals surface area contributed by atoms with Crippen LogP contribution in [0.1, 0.15) is 57.6 Å². The minimum absolute atomic E-state index is 0.510. The minimum Gasteiger partial charge on any atom is -0.383 e. The van der Waals surface area contributed by atoms with E-state index in [1.54, 1.807) is 0 Å². The van der Waals surface area contributed by atoms with E-state index in [0.717, 1.165) is 42.9 Å². The monoisotopic (exact) mass is 298 g/mol. The molecule has 3 rings (SSSR count). The zero-order chi connectivity index (χ0) is 15.9. The SMILES string of the molecule is CC.CC1CC=C(c2cnc(N)c(C3=NCCC=N3)c2)CC1. The van der Waals surface area contributed by atoms with E-state index in [9.17, 15) is 0 Å². The first-order chi connectivity index (χ1) is 10.7. The molecule has 0 amide bonds. The number of nitrogen functional groups attached to an aromatic ring is 1. The normalized spacial score (nSPS) is 20.6. The van der Waals surface area contributed by atoms with Crippen LogP contribution in [0.5, 0.6) is 0 Å². The Morgan fingerprint density at radius 2 is 2.09 bits per heavy atom. The summed E-state index contributed by atoms with van der Waals surface area (Å²) in [5.41, 5.74) is 9.38. The number of amidine groups is 1. The maximum atomic E-state index is 5.99. The van der Waals surface area contributed by atoms with E-state index >= 15 is 0 Å². The van der Waals surface area contributed by atoms with Gasteiger partial charge in [-0.15, -0.1) is 0 Å². The summed E-state index contributed by atoms with van der Waals surface area (Å²) >= 11 is 0. The van der Waals surface area contributed by atoms with Crippen molar-refractivity contribution in [2.75, 3.05) is 12.3 Å². The Balaban J connectivity index is 0.000000847. The Morgan fingerprint density at radius 1 is 1.27 bits per heavy atom. The summed E-state index contributed by atoms with van der Waals surface area (Å²) in [6.07, 6.45) is 10.5. The van der Waals surface area contributed by atoms with E-state index in [-0.39, 0.29) is 0 Å². The molecule has 4 nitrogen and oxygen atoms in total. The summed E-state index contributed by atoms with van der Waals surface area (Å²) in [6, 6.07) is 2.09. The highest BCUT2D eigenvalue weighted by molar-refractivity contribution is 6.07. The third-order valence-electron chi connectivity index (χ3n) is 3.94. The van der Waals surface area contributed by atoms with Gasteiger partial charge in [0.05, 0.1) is 5.56 Å². The third kappa shape index (κ3) is 3.81. The van der Waals surface area contributed by atoms with Gasteiger partial charge in [-0.3, -0.25) is 4.99 Å². The van der Waals surface area contributed by atoms with Crippen LogP contribution in [0, 0.1) is 5.92 Å². The number of nitrogens with two attached hydrogens (primary N) is 1. The lowest BCUT2D eigenvalue weighted by molar-refractivity contribution is 0.534. The molecule has 0 aromatic carbocycles. The number of anilines is 1. The van der Waals surface area contributed by atoms with Crippen LogP contribution >= 0.6 is 0 Å². The van der Waals surface area contributed by atoms with Gasteiger partial charge in [0.1, 0.15) is 5.82 Å². The largest absolute Gasteiger partial charge is 0.383 e. The van der Waals surface area contributed by atoms with Crippen molar-refractivity contribution in [2.24, 2.45) is 15.9 Å². The quantitative estimate of drug-likeness (QED) is 0.892. The molecular weight excluding hydrogens is 272 g/mol. The van der Waals surface area contributed by atoms with Gasteiger partial charge in [-0.2, -0.15) is 0 Å². The number of allylic oxidation sites excluding steroid dienone is 2. The van der Waals surface area contributed by atoms with Crippen LogP contribution < -0.4 is 5.73 Å². The fourth-order valence-electron chi connectivity index (χ4n) is 2.63. The Labute approximate surface area is 133 Å². The smallest absolute Gasteiger partial charge is 0.157 e. The topological polar surface area (TPSA) is 63.6 Å². The van der Waals surface area contributed by atoms with E-state index < -0.39 is 0 Å². The minimum atomic E-state index is 0.510. The molecule has 0 saturated heterocycles. The van der Waals surface area contributed by atoms with Gasteiger partial charge >= 0.3 is 0 Å². The molecular formula is C18H26N4. The number of hydrogen-bond acceptors (Lipinski definition) is 4. The maximum absolute atomic E-state index is 5.99. The lowest BCUT2D eigenvalue weighted by Crippen LogP contribution is -2.10. The summed E-state index contributed by atoms with van der Waals surface area (Å²) < 4.78 is 0. The van der Waals surface area contributed by atoms with Crippen molar-refractivity contribution >= 4 is 23.4 Å². The van der Waals surface area contributed by atoms with Gasteiger partial charge < -0.3 is 5.73 Å². The van der Waals surface area contributed by atoms with Crippen LogP contribution in [0.25, 0.3) is 5.57 Å². The van der Waals surface area contributed by atoms with Gasteiger partial charge in [-0.25, -0.2) is 9.98 Å². The average molecular weight is 298 g/mol. The Kier molecular flexibility index (Phi) is 5.87. The molecule has 4 heteroatoms. The van der Waals surface area contributed by atoms with Crippen molar-refractivity contribution in [2.45, 2.75) is 46.5 Å². The van der Waals surface area contributed by atoms with Crippen molar-refractivity contribution in [1.29, 1.82) is 0 Å². The van der Waals surface area contributed by atoms with Crippen LogP contribution in [0.2, 0.25) is 0 Å². The molecule has 0 saturated carbocycles. The summed E-state index contributed by atoms with van der Waals surface area (Å²) in [6.45, 7) is 7.08. The second-order valence-electron chi connectivity index (χ2n) is 5.57. The molecule has 0 radical (unpaired) electrons. The Hall–Kier alpha value is -1.97. The molecule has 2 heterocycles. The molecule has 0 bridgehead atoms. The van der Waals surface area contributed by atoms with Gasteiger partial charge in [0.15, 0.2) is 5.84 Å². The number of aromatic nitrogens is 1. The van der Waals surface area contributed by atoms with Gasteiger partial charge in [0, 0.05) is 25.4 Å². The van der Waals surface area contributed by atoms with Crippen LogP contribution in [0.15, 0.2) is 28.3 Å². The molecule has 0 spiro atoms. The van der Waals surface area contributed by atoms with E-state index in [0.29, 0.717) is 11.7 Å². The molecule has 22 heavy (non-hydrogen) atoms. The van der Waals surface area contributed by atoms with Crippen molar-refractivity contribution in [3.05, 3.63) is 29.5 Å². The van der Waals surface area contributed by atoms with Crippen LogP contribution in [0.3, 0.4) is 0 Å².